The van der Waals surface area contributed by atoms with Crippen molar-refractivity contribution in [2.45, 2.75) is 40.7 Å². The van der Waals surface area contributed by atoms with Crippen LogP contribution in [0.15, 0.2) is 42.7 Å². The molecule has 8 nitrogen and oxygen atoms in total. The number of carbonyl (C=O) groups is 1. The summed E-state index contributed by atoms with van der Waals surface area (Å²) < 4.78 is 20.6. The van der Waals surface area contributed by atoms with Gasteiger partial charge in [0.15, 0.2) is 5.82 Å². The SMILES string of the molecule is C.Cc1nccc(-c2nccc(C#Cc3ccc4c(c3)c(F)nn4C(=O)OC(C)(C)C)n2)n1. The molecule has 1 aromatic carbocycles. The minimum Gasteiger partial charge on any atom is -0.442 e. The van der Waals surface area contributed by atoms with Crippen molar-refractivity contribution >= 4 is 17.0 Å². The predicted molar refractivity (Wildman–Crippen MR) is 122 cm³/mol. The predicted octanol–water partition coefficient (Wildman–Crippen LogP) is 4.55. The zero-order chi connectivity index (χ0) is 22.9. The molecule has 0 bridgehead atoms. The van der Waals surface area contributed by atoms with E-state index in [1.807, 2.05) is 0 Å². The van der Waals surface area contributed by atoms with E-state index in [0.29, 0.717) is 34.1 Å². The summed E-state index contributed by atoms with van der Waals surface area (Å²) in [5.74, 6) is 6.17. The van der Waals surface area contributed by atoms with Crippen LogP contribution in [0.5, 0.6) is 0 Å². The highest BCUT2D eigenvalue weighted by molar-refractivity contribution is 5.89. The Kier molecular flexibility index (Phi) is 6.49. The van der Waals surface area contributed by atoms with Gasteiger partial charge in [-0.1, -0.05) is 13.3 Å². The molecule has 9 heteroatoms. The van der Waals surface area contributed by atoms with E-state index in [2.05, 4.69) is 36.9 Å². The molecule has 0 amide bonds. The lowest BCUT2D eigenvalue weighted by molar-refractivity contribution is 0.0519. The van der Waals surface area contributed by atoms with E-state index in [-0.39, 0.29) is 12.8 Å². The van der Waals surface area contributed by atoms with Gasteiger partial charge in [-0.05, 0) is 63.9 Å². The Morgan fingerprint density at radius 1 is 1.06 bits per heavy atom. The fourth-order valence-corrected chi connectivity index (χ4v) is 2.87. The van der Waals surface area contributed by atoms with Crippen LogP contribution in [0.4, 0.5) is 9.18 Å². The third kappa shape index (κ3) is 5.36. The molecule has 0 aliphatic heterocycles. The van der Waals surface area contributed by atoms with E-state index in [9.17, 15) is 9.18 Å². The van der Waals surface area contributed by atoms with Crippen LogP contribution in [0.2, 0.25) is 0 Å². The molecule has 0 radical (unpaired) electrons. The first-order chi connectivity index (χ1) is 15.2. The Labute approximate surface area is 190 Å². The Balaban J connectivity index is 0.00000306. The molecule has 0 atom stereocenters. The minimum absolute atomic E-state index is 0. The second-order valence-electron chi connectivity index (χ2n) is 7.92. The van der Waals surface area contributed by atoms with Gasteiger partial charge in [0.25, 0.3) is 0 Å². The van der Waals surface area contributed by atoms with Gasteiger partial charge in [0, 0.05) is 18.0 Å². The number of aryl methyl sites for hydroxylation is 1. The smallest absolute Gasteiger partial charge is 0.435 e. The Hall–Kier alpha value is -4.19. The number of aromatic nitrogens is 6. The van der Waals surface area contributed by atoms with Crippen LogP contribution in [-0.2, 0) is 4.74 Å². The molecule has 0 saturated carbocycles. The van der Waals surface area contributed by atoms with Crippen LogP contribution >= 0.6 is 0 Å². The van der Waals surface area contributed by atoms with Crippen molar-refractivity contribution in [2.75, 3.05) is 0 Å². The first-order valence-corrected chi connectivity index (χ1v) is 9.76. The summed E-state index contributed by atoms with van der Waals surface area (Å²) in [5, 5.41) is 3.85. The molecule has 4 aromatic rings. The molecule has 3 aromatic heterocycles. The maximum Gasteiger partial charge on any atom is 0.435 e. The van der Waals surface area contributed by atoms with Crippen LogP contribution in [0.3, 0.4) is 0 Å². The van der Waals surface area contributed by atoms with Crippen molar-refractivity contribution < 1.29 is 13.9 Å². The number of fused-ring (bicyclic) bond motifs is 1. The number of ether oxygens (including phenoxy) is 1. The molecule has 0 unspecified atom stereocenters. The van der Waals surface area contributed by atoms with Crippen LogP contribution < -0.4 is 0 Å². The first-order valence-electron chi connectivity index (χ1n) is 9.76. The van der Waals surface area contributed by atoms with Gasteiger partial charge in [0.05, 0.1) is 10.9 Å². The molecular formula is C24H23FN6O2. The van der Waals surface area contributed by atoms with Crippen molar-refractivity contribution in [2.24, 2.45) is 0 Å². The van der Waals surface area contributed by atoms with E-state index in [1.54, 1.807) is 64.4 Å². The molecule has 33 heavy (non-hydrogen) atoms. The van der Waals surface area contributed by atoms with Gasteiger partial charge in [-0.2, -0.15) is 9.07 Å². The zero-order valence-electron chi connectivity index (χ0n) is 17.9. The standard InChI is InChI=1S/C23H19FN6O2.CH4/c1-14-25-12-10-18(27-14)21-26-11-9-16(28-21)7-5-15-6-8-19-17(13-15)20(24)29-30(19)22(31)32-23(2,3)4;/h6,8-13H,1-4H3;1H4. The van der Waals surface area contributed by atoms with Gasteiger partial charge >= 0.3 is 6.09 Å². The van der Waals surface area contributed by atoms with Crippen molar-refractivity contribution in [3.63, 3.8) is 0 Å². The van der Waals surface area contributed by atoms with Crippen LogP contribution in [0, 0.1) is 24.7 Å². The molecular weight excluding hydrogens is 423 g/mol. The third-order valence-electron chi connectivity index (χ3n) is 4.20. The normalized spacial score (nSPS) is 10.8. The third-order valence-corrected chi connectivity index (χ3v) is 4.20. The lowest BCUT2D eigenvalue weighted by Gasteiger charge is -2.19. The van der Waals surface area contributed by atoms with Crippen molar-refractivity contribution in [1.29, 1.82) is 0 Å². The quantitative estimate of drug-likeness (QED) is 0.396. The van der Waals surface area contributed by atoms with Crippen LogP contribution in [0.1, 0.15) is 45.3 Å². The van der Waals surface area contributed by atoms with E-state index < -0.39 is 17.6 Å². The fraction of sp³-hybridized carbons (Fsp3) is 0.250. The summed E-state index contributed by atoms with van der Waals surface area (Å²) in [7, 11) is 0. The van der Waals surface area contributed by atoms with Gasteiger partial charge in [-0.25, -0.2) is 24.7 Å². The first kappa shape index (κ1) is 23.5. The summed E-state index contributed by atoms with van der Waals surface area (Å²) in [6.07, 6.45) is 2.48. The summed E-state index contributed by atoms with van der Waals surface area (Å²) in [4.78, 5) is 29.3. The number of hydrogen-bond donors (Lipinski definition) is 0. The highest BCUT2D eigenvalue weighted by Crippen LogP contribution is 2.21. The van der Waals surface area contributed by atoms with Gasteiger partial charge in [-0.15, -0.1) is 5.10 Å². The largest absolute Gasteiger partial charge is 0.442 e. The number of rotatable bonds is 1. The highest BCUT2D eigenvalue weighted by atomic mass is 19.1. The summed E-state index contributed by atoms with van der Waals surface area (Å²) >= 11 is 0. The van der Waals surface area contributed by atoms with Gasteiger partial charge in [0.2, 0.25) is 5.95 Å². The molecule has 0 N–H and O–H groups in total. The summed E-state index contributed by atoms with van der Waals surface area (Å²) in [5.41, 5.74) is 1.19. The molecule has 4 rings (SSSR count). The number of benzene rings is 1. The molecule has 3 heterocycles. The number of halogens is 1. The van der Waals surface area contributed by atoms with Crippen molar-refractivity contribution in [3.05, 3.63) is 65.8 Å². The van der Waals surface area contributed by atoms with E-state index in [1.165, 1.54) is 6.07 Å². The summed E-state index contributed by atoms with van der Waals surface area (Å²) in [6, 6.07) is 8.17. The van der Waals surface area contributed by atoms with Gasteiger partial charge < -0.3 is 4.74 Å². The number of hydrogen-bond acceptors (Lipinski definition) is 7. The highest BCUT2D eigenvalue weighted by Gasteiger charge is 2.22. The second kappa shape index (κ2) is 9.12. The number of nitrogens with zero attached hydrogens (tertiary/aromatic N) is 6. The molecule has 0 fully saturated rings. The Morgan fingerprint density at radius 3 is 2.55 bits per heavy atom. The van der Waals surface area contributed by atoms with E-state index in [4.69, 9.17) is 4.74 Å². The van der Waals surface area contributed by atoms with Crippen LogP contribution in [0.25, 0.3) is 22.4 Å². The maximum atomic E-state index is 14.4. The summed E-state index contributed by atoms with van der Waals surface area (Å²) in [6.45, 7) is 6.97. The molecule has 0 aliphatic carbocycles. The van der Waals surface area contributed by atoms with Crippen molar-refractivity contribution in [1.82, 2.24) is 29.7 Å². The molecule has 0 saturated heterocycles. The lowest BCUT2D eigenvalue weighted by Crippen LogP contribution is -2.27. The van der Waals surface area contributed by atoms with E-state index in [0.717, 1.165) is 4.68 Å². The van der Waals surface area contributed by atoms with Gasteiger partial charge in [0.1, 0.15) is 22.8 Å². The zero-order valence-corrected chi connectivity index (χ0v) is 17.9. The fourth-order valence-electron chi connectivity index (χ4n) is 2.87. The second-order valence-corrected chi connectivity index (χ2v) is 7.92. The topological polar surface area (TPSA) is 95.7 Å². The Morgan fingerprint density at radius 2 is 1.82 bits per heavy atom. The molecule has 0 spiro atoms. The van der Waals surface area contributed by atoms with Crippen LogP contribution in [-0.4, -0.2) is 41.4 Å². The maximum absolute atomic E-state index is 14.4. The molecule has 168 valence electrons. The monoisotopic (exact) mass is 446 g/mol. The average Bonchev–Trinajstić information content (AvgIpc) is 3.07. The lowest BCUT2D eigenvalue weighted by atomic mass is 10.1. The average molecular weight is 446 g/mol. The Bertz CT molecular complexity index is 1400. The van der Waals surface area contributed by atoms with Crippen molar-refractivity contribution in [3.8, 4) is 23.4 Å². The van der Waals surface area contributed by atoms with E-state index >= 15 is 0 Å². The number of carbonyl (C=O) groups excluding carboxylic acids is 1. The minimum atomic E-state index is -0.780. The van der Waals surface area contributed by atoms with Gasteiger partial charge in [-0.3, -0.25) is 0 Å². The molecule has 0 aliphatic rings.